The summed E-state index contributed by atoms with van der Waals surface area (Å²) in [5.41, 5.74) is 1.71. The van der Waals surface area contributed by atoms with Crippen LogP contribution in [0.5, 0.6) is 5.75 Å². The van der Waals surface area contributed by atoms with E-state index in [0.717, 1.165) is 5.56 Å². The van der Waals surface area contributed by atoms with Crippen molar-refractivity contribution in [3.8, 4) is 5.75 Å². The van der Waals surface area contributed by atoms with Crippen molar-refractivity contribution in [3.63, 3.8) is 0 Å². The number of anilines is 1. The van der Waals surface area contributed by atoms with E-state index in [2.05, 4.69) is 5.32 Å². The van der Waals surface area contributed by atoms with Crippen LogP contribution >= 0.6 is 0 Å². The van der Waals surface area contributed by atoms with E-state index < -0.39 is 22.0 Å². The lowest BCUT2D eigenvalue weighted by atomic mass is 9.97. The second-order valence-electron chi connectivity index (χ2n) is 9.56. The Morgan fingerprint density at radius 2 is 1.58 bits per heavy atom. The van der Waals surface area contributed by atoms with E-state index in [0.29, 0.717) is 43.8 Å². The zero-order valence-corrected chi connectivity index (χ0v) is 21.8. The number of nitrogens with zero attached hydrogens (tertiary/aromatic N) is 2. The second-order valence-corrected chi connectivity index (χ2v) is 11.5. The van der Waals surface area contributed by atoms with Gasteiger partial charge < -0.3 is 15.0 Å². The number of benzene rings is 3. The molecule has 1 fully saturated rings. The van der Waals surface area contributed by atoms with Crippen LogP contribution in [0.15, 0.2) is 89.8 Å². The van der Waals surface area contributed by atoms with Crippen molar-refractivity contribution in [2.24, 2.45) is 5.92 Å². The van der Waals surface area contributed by atoms with Crippen molar-refractivity contribution in [1.82, 2.24) is 9.62 Å². The van der Waals surface area contributed by atoms with Gasteiger partial charge in [0.1, 0.15) is 5.75 Å². The molecule has 0 saturated carbocycles. The molecule has 8 nitrogen and oxygen atoms in total. The van der Waals surface area contributed by atoms with Gasteiger partial charge in [-0.25, -0.2) is 8.42 Å². The molecule has 2 amide bonds. The van der Waals surface area contributed by atoms with E-state index in [-0.39, 0.29) is 29.8 Å². The fraction of sp³-hybridized carbons (Fsp3) is 0.310. The van der Waals surface area contributed by atoms with Crippen LogP contribution in [0.25, 0.3) is 0 Å². The van der Waals surface area contributed by atoms with E-state index >= 15 is 0 Å². The largest absolute Gasteiger partial charge is 0.477 e. The number of sulfonamides is 1. The lowest BCUT2D eigenvalue weighted by Crippen LogP contribution is -2.54. The van der Waals surface area contributed by atoms with Crippen molar-refractivity contribution in [2.75, 3.05) is 31.1 Å². The van der Waals surface area contributed by atoms with E-state index in [9.17, 15) is 18.0 Å². The number of fused-ring (bicyclic) bond motifs is 1. The van der Waals surface area contributed by atoms with Crippen LogP contribution in [-0.2, 0) is 26.0 Å². The Bertz CT molecular complexity index is 1380. The number of carbonyl (C=O) groups is 2. The molecule has 3 aromatic rings. The Kier molecular flexibility index (Phi) is 7.76. The number of rotatable bonds is 7. The summed E-state index contributed by atoms with van der Waals surface area (Å²) in [7, 11) is -3.70. The van der Waals surface area contributed by atoms with Crippen LogP contribution in [0, 0.1) is 5.92 Å². The Morgan fingerprint density at radius 3 is 2.34 bits per heavy atom. The van der Waals surface area contributed by atoms with Gasteiger partial charge in [-0.1, -0.05) is 60.7 Å². The Hall–Kier alpha value is -3.69. The minimum absolute atomic E-state index is 0.0644. The Labute approximate surface area is 223 Å². The molecule has 3 aromatic carbocycles. The fourth-order valence-corrected chi connectivity index (χ4v) is 6.54. The molecule has 38 heavy (non-hydrogen) atoms. The van der Waals surface area contributed by atoms with Crippen LogP contribution in [0.3, 0.4) is 0 Å². The van der Waals surface area contributed by atoms with Gasteiger partial charge in [0, 0.05) is 19.6 Å². The summed E-state index contributed by atoms with van der Waals surface area (Å²) in [5, 5.41) is 2.93. The van der Waals surface area contributed by atoms with Gasteiger partial charge in [-0.2, -0.15) is 4.31 Å². The van der Waals surface area contributed by atoms with Crippen LogP contribution in [-0.4, -0.2) is 56.8 Å². The highest BCUT2D eigenvalue weighted by atomic mass is 32.2. The van der Waals surface area contributed by atoms with Crippen molar-refractivity contribution >= 4 is 27.5 Å². The first-order valence-electron chi connectivity index (χ1n) is 12.9. The molecule has 5 rings (SSSR count). The number of hydrogen-bond donors (Lipinski definition) is 1. The molecule has 2 aliphatic heterocycles. The minimum atomic E-state index is -3.70. The number of piperidine rings is 1. The molecule has 1 saturated heterocycles. The van der Waals surface area contributed by atoms with Crippen LogP contribution < -0.4 is 15.0 Å². The van der Waals surface area contributed by atoms with Gasteiger partial charge in [-0.3, -0.25) is 9.59 Å². The predicted octanol–water partition coefficient (Wildman–Crippen LogP) is 3.24. The summed E-state index contributed by atoms with van der Waals surface area (Å²) in [5.74, 6) is -0.545. The average Bonchev–Trinajstić information content (AvgIpc) is 2.97. The molecule has 0 aliphatic carbocycles. The van der Waals surface area contributed by atoms with Gasteiger partial charge in [-0.15, -0.1) is 0 Å². The normalized spacial score (nSPS) is 19.7. The first-order chi connectivity index (χ1) is 18.4. The Morgan fingerprint density at radius 1 is 0.895 bits per heavy atom. The molecule has 0 spiro atoms. The third kappa shape index (κ3) is 5.58. The van der Waals surface area contributed by atoms with E-state index in [1.54, 1.807) is 53.4 Å². The lowest BCUT2D eigenvalue weighted by Gasteiger charge is -2.38. The summed E-state index contributed by atoms with van der Waals surface area (Å²) in [6.45, 7) is 0.985. The maximum atomic E-state index is 13.8. The van der Waals surface area contributed by atoms with Crippen molar-refractivity contribution in [1.29, 1.82) is 0 Å². The molecular formula is C29H31N3O5S. The standard InChI is InChI=1S/C29H31N3O5S/c33-28(30-18-17-22-10-3-1-4-11-22)27-21-32(25-15-7-8-16-26(25)37-27)29(34)23-12-9-19-31(20-23)38(35,36)24-13-5-2-6-14-24/h1-8,10-11,13-16,23,27H,9,12,17-21H2,(H,30,33)/t23-,27+/m0/s1. The SMILES string of the molecule is O=C(NCCc1ccccc1)[C@H]1CN(C(=O)[C@H]2CCCN(S(=O)(=O)c3ccccc3)C2)c2ccccc2O1. The highest BCUT2D eigenvalue weighted by Gasteiger charge is 2.39. The fourth-order valence-electron chi connectivity index (χ4n) is 4.99. The minimum Gasteiger partial charge on any atom is -0.477 e. The molecule has 198 valence electrons. The van der Waals surface area contributed by atoms with Gasteiger partial charge in [-0.05, 0) is 49.1 Å². The predicted molar refractivity (Wildman–Crippen MR) is 144 cm³/mol. The summed E-state index contributed by atoms with van der Waals surface area (Å²) >= 11 is 0. The number of ether oxygens (including phenoxy) is 1. The van der Waals surface area contributed by atoms with Gasteiger partial charge in [0.15, 0.2) is 6.10 Å². The van der Waals surface area contributed by atoms with Gasteiger partial charge >= 0.3 is 0 Å². The highest BCUT2D eigenvalue weighted by Crippen LogP contribution is 2.35. The number of para-hydroxylation sites is 2. The van der Waals surface area contributed by atoms with Crippen molar-refractivity contribution in [3.05, 3.63) is 90.5 Å². The van der Waals surface area contributed by atoms with Crippen molar-refractivity contribution in [2.45, 2.75) is 30.3 Å². The molecule has 2 aliphatic rings. The smallest absolute Gasteiger partial charge is 0.262 e. The zero-order chi connectivity index (χ0) is 26.5. The second kappa shape index (κ2) is 11.4. The summed E-state index contributed by atoms with van der Waals surface area (Å²) < 4.78 is 33.8. The highest BCUT2D eigenvalue weighted by molar-refractivity contribution is 7.89. The molecule has 1 N–H and O–H groups in total. The Balaban J connectivity index is 1.29. The maximum absolute atomic E-state index is 13.8. The quantitative estimate of drug-likeness (QED) is 0.503. The maximum Gasteiger partial charge on any atom is 0.262 e. The monoisotopic (exact) mass is 533 g/mol. The third-order valence-electron chi connectivity index (χ3n) is 7.00. The summed E-state index contributed by atoms with van der Waals surface area (Å²) in [4.78, 5) is 28.6. The van der Waals surface area contributed by atoms with Gasteiger partial charge in [0.25, 0.3) is 5.91 Å². The topological polar surface area (TPSA) is 96.0 Å². The number of carbonyl (C=O) groups excluding carboxylic acids is 2. The van der Waals surface area contributed by atoms with Crippen LogP contribution in [0.4, 0.5) is 5.69 Å². The summed E-state index contributed by atoms with van der Waals surface area (Å²) in [6, 6.07) is 25.3. The lowest BCUT2D eigenvalue weighted by molar-refractivity contribution is -0.129. The van der Waals surface area contributed by atoms with Crippen LogP contribution in [0.2, 0.25) is 0 Å². The summed E-state index contributed by atoms with van der Waals surface area (Å²) in [6.07, 6.45) is 0.981. The number of hydrogen-bond acceptors (Lipinski definition) is 5. The number of nitrogens with one attached hydrogen (secondary N) is 1. The van der Waals surface area contributed by atoms with E-state index in [1.807, 2.05) is 36.4 Å². The molecule has 0 aromatic heterocycles. The van der Waals surface area contributed by atoms with Gasteiger partial charge in [0.05, 0.1) is 23.0 Å². The molecular weight excluding hydrogens is 502 g/mol. The molecule has 0 unspecified atom stereocenters. The van der Waals surface area contributed by atoms with E-state index in [1.165, 1.54) is 4.31 Å². The third-order valence-corrected chi connectivity index (χ3v) is 8.88. The molecule has 0 radical (unpaired) electrons. The van der Waals surface area contributed by atoms with Gasteiger partial charge in [0.2, 0.25) is 15.9 Å². The molecule has 9 heteroatoms. The molecule has 2 atom stereocenters. The zero-order valence-electron chi connectivity index (χ0n) is 21.0. The first-order valence-corrected chi connectivity index (χ1v) is 14.3. The number of amides is 2. The molecule has 2 heterocycles. The average molecular weight is 534 g/mol. The van der Waals surface area contributed by atoms with Crippen molar-refractivity contribution < 1.29 is 22.7 Å². The molecule has 0 bridgehead atoms. The first kappa shape index (κ1) is 25.9. The van der Waals surface area contributed by atoms with E-state index in [4.69, 9.17) is 4.74 Å². The van der Waals surface area contributed by atoms with Crippen LogP contribution in [0.1, 0.15) is 18.4 Å².